The first-order chi connectivity index (χ1) is 9.59. The maximum absolute atomic E-state index is 12.3. The lowest BCUT2D eigenvalue weighted by atomic mass is 9.58. The molecule has 106 valence electrons. The lowest BCUT2D eigenvalue weighted by molar-refractivity contribution is -0.128. The molecule has 4 aliphatic rings. The Morgan fingerprint density at radius 3 is 2.85 bits per heavy atom. The predicted molar refractivity (Wildman–Crippen MR) is 77.1 cm³/mol. The van der Waals surface area contributed by atoms with Crippen molar-refractivity contribution in [3.05, 3.63) is 22.8 Å². The number of hydrogen-bond acceptors (Lipinski definition) is 2. The molecule has 0 unspecified atom stereocenters. The van der Waals surface area contributed by atoms with Gasteiger partial charge < -0.3 is 0 Å². The smallest absolute Gasteiger partial charge is 0.139 e. The number of rotatable bonds is 0. The van der Waals surface area contributed by atoms with Crippen molar-refractivity contribution in [1.29, 1.82) is 0 Å². The third-order valence-electron chi connectivity index (χ3n) is 6.42. The molecule has 3 atom stereocenters. The van der Waals surface area contributed by atoms with E-state index in [2.05, 4.69) is 13.0 Å². The van der Waals surface area contributed by atoms with Gasteiger partial charge in [0.25, 0.3) is 0 Å². The first-order valence-corrected chi connectivity index (χ1v) is 8.06. The molecule has 0 aliphatic heterocycles. The Bertz CT molecular complexity index is 566. The van der Waals surface area contributed by atoms with Gasteiger partial charge in [0.2, 0.25) is 0 Å². The van der Waals surface area contributed by atoms with E-state index < -0.39 is 0 Å². The van der Waals surface area contributed by atoms with Crippen LogP contribution in [0, 0.1) is 17.3 Å². The fourth-order valence-corrected chi connectivity index (χ4v) is 5.24. The highest BCUT2D eigenvalue weighted by Crippen LogP contribution is 2.57. The Labute approximate surface area is 120 Å². The van der Waals surface area contributed by atoms with Crippen LogP contribution < -0.4 is 0 Å². The van der Waals surface area contributed by atoms with E-state index in [1.165, 1.54) is 11.1 Å². The minimum Gasteiger partial charge on any atom is -0.299 e. The zero-order chi connectivity index (χ0) is 13.9. The number of fused-ring (bicyclic) bond motifs is 4. The van der Waals surface area contributed by atoms with Gasteiger partial charge in [-0.25, -0.2) is 0 Å². The molecule has 2 nitrogen and oxygen atoms in total. The van der Waals surface area contributed by atoms with Crippen LogP contribution in [-0.4, -0.2) is 11.6 Å². The molecule has 0 aromatic heterocycles. The Morgan fingerprint density at radius 2 is 2.00 bits per heavy atom. The molecule has 0 spiro atoms. The first-order valence-electron chi connectivity index (χ1n) is 8.06. The first kappa shape index (κ1) is 12.6. The quantitative estimate of drug-likeness (QED) is 0.671. The average molecular weight is 270 g/mol. The molecular weight excluding hydrogens is 248 g/mol. The van der Waals surface area contributed by atoms with E-state index in [1.807, 2.05) is 0 Å². The molecule has 3 fully saturated rings. The molecule has 3 saturated carbocycles. The van der Waals surface area contributed by atoms with Crippen molar-refractivity contribution < 1.29 is 9.59 Å². The second kappa shape index (κ2) is 4.16. The highest BCUT2D eigenvalue weighted by molar-refractivity contribution is 5.88. The van der Waals surface area contributed by atoms with Gasteiger partial charge in [-0.1, -0.05) is 18.6 Å². The van der Waals surface area contributed by atoms with Crippen molar-refractivity contribution in [2.45, 2.75) is 58.3 Å². The fraction of sp³-hybridized carbons (Fsp3) is 0.667. The van der Waals surface area contributed by atoms with Gasteiger partial charge in [0.1, 0.15) is 11.6 Å². The Morgan fingerprint density at radius 1 is 1.15 bits per heavy atom. The molecule has 4 rings (SSSR count). The van der Waals surface area contributed by atoms with Crippen LogP contribution in [0.4, 0.5) is 0 Å². The summed E-state index contributed by atoms with van der Waals surface area (Å²) in [5.74, 6) is 2.05. The summed E-state index contributed by atoms with van der Waals surface area (Å²) in [6, 6.07) is 0. The van der Waals surface area contributed by atoms with E-state index in [-0.39, 0.29) is 5.41 Å². The molecule has 2 heteroatoms. The lowest BCUT2D eigenvalue weighted by Crippen LogP contribution is -2.39. The third kappa shape index (κ3) is 1.57. The van der Waals surface area contributed by atoms with Crippen LogP contribution in [0.3, 0.4) is 0 Å². The largest absolute Gasteiger partial charge is 0.299 e. The van der Waals surface area contributed by atoms with Crippen LogP contribution in [0.15, 0.2) is 22.8 Å². The molecule has 0 radical (unpaired) electrons. The average Bonchev–Trinajstić information content (AvgIpc) is 2.74. The summed E-state index contributed by atoms with van der Waals surface area (Å²) in [6.07, 6.45) is 9.71. The minimum atomic E-state index is -0.0510. The maximum atomic E-state index is 12.3. The summed E-state index contributed by atoms with van der Waals surface area (Å²) in [6.45, 7) is 2.21. The highest BCUT2D eigenvalue weighted by atomic mass is 16.1. The summed E-state index contributed by atoms with van der Waals surface area (Å²) in [5.41, 5.74) is 4.39. The summed E-state index contributed by atoms with van der Waals surface area (Å²) in [7, 11) is 0. The normalized spacial score (nSPS) is 40.1. The van der Waals surface area contributed by atoms with Gasteiger partial charge in [-0.05, 0) is 55.1 Å². The molecule has 0 aromatic carbocycles. The zero-order valence-electron chi connectivity index (χ0n) is 12.2. The fourth-order valence-electron chi connectivity index (χ4n) is 5.24. The molecule has 20 heavy (non-hydrogen) atoms. The van der Waals surface area contributed by atoms with Crippen molar-refractivity contribution in [3.8, 4) is 0 Å². The van der Waals surface area contributed by atoms with Crippen LogP contribution in [0.5, 0.6) is 0 Å². The van der Waals surface area contributed by atoms with E-state index in [9.17, 15) is 9.59 Å². The second-order valence-corrected chi connectivity index (χ2v) is 7.28. The van der Waals surface area contributed by atoms with E-state index in [1.54, 1.807) is 5.57 Å². The van der Waals surface area contributed by atoms with Gasteiger partial charge in [0.15, 0.2) is 0 Å². The van der Waals surface area contributed by atoms with Crippen LogP contribution in [0.2, 0.25) is 0 Å². The molecule has 0 N–H and O–H groups in total. The van der Waals surface area contributed by atoms with Crippen LogP contribution in [-0.2, 0) is 9.59 Å². The number of hydrogen-bond donors (Lipinski definition) is 0. The van der Waals surface area contributed by atoms with Gasteiger partial charge in [-0.15, -0.1) is 0 Å². The Balaban J connectivity index is 1.72. The van der Waals surface area contributed by atoms with Gasteiger partial charge >= 0.3 is 0 Å². The van der Waals surface area contributed by atoms with Crippen LogP contribution in [0.25, 0.3) is 0 Å². The van der Waals surface area contributed by atoms with Crippen LogP contribution in [0.1, 0.15) is 58.3 Å². The zero-order valence-corrected chi connectivity index (χ0v) is 12.2. The van der Waals surface area contributed by atoms with Gasteiger partial charge in [0, 0.05) is 24.7 Å². The summed E-state index contributed by atoms with van der Waals surface area (Å²) in [5, 5.41) is 0. The molecule has 0 saturated heterocycles. The van der Waals surface area contributed by atoms with E-state index in [0.29, 0.717) is 29.8 Å². The number of carbonyl (C=O) groups is 2. The number of ketones is 2. The van der Waals surface area contributed by atoms with Crippen molar-refractivity contribution in [2.75, 3.05) is 0 Å². The lowest BCUT2D eigenvalue weighted by Gasteiger charge is -2.45. The topological polar surface area (TPSA) is 34.1 Å². The second-order valence-electron chi connectivity index (χ2n) is 7.28. The summed E-state index contributed by atoms with van der Waals surface area (Å²) >= 11 is 0. The monoisotopic (exact) mass is 270 g/mol. The number of carbonyl (C=O) groups excluding carboxylic acids is 2. The molecule has 0 bridgehead atoms. The minimum absolute atomic E-state index is 0.0510. The maximum Gasteiger partial charge on any atom is 0.139 e. The van der Waals surface area contributed by atoms with E-state index in [0.717, 1.165) is 44.9 Å². The van der Waals surface area contributed by atoms with Gasteiger partial charge in [-0.3, -0.25) is 9.59 Å². The number of Topliss-reactive ketones (excluding diaryl/α,β-unsaturated/α-hetero) is 2. The Kier molecular flexibility index (Phi) is 2.61. The van der Waals surface area contributed by atoms with E-state index >= 15 is 0 Å². The number of allylic oxidation sites excluding steroid dienone is 4. The van der Waals surface area contributed by atoms with Gasteiger partial charge in [-0.2, -0.15) is 0 Å². The van der Waals surface area contributed by atoms with Crippen molar-refractivity contribution in [2.24, 2.45) is 17.3 Å². The third-order valence-corrected chi connectivity index (χ3v) is 6.42. The molecule has 4 aliphatic carbocycles. The van der Waals surface area contributed by atoms with Crippen molar-refractivity contribution in [1.82, 2.24) is 0 Å². The summed E-state index contributed by atoms with van der Waals surface area (Å²) in [4.78, 5) is 23.9. The summed E-state index contributed by atoms with van der Waals surface area (Å²) < 4.78 is 0. The van der Waals surface area contributed by atoms with Crippen LogP contribution >= 0.6 is 0 Å². The molecule has 0 amide bonds. The van der Waals surface area contributed by atoms with E-state index in [4.69, 9.17) is 0 Å². The predicted octanol–water partition coefficient (Wildman–Crippen LogP) is 3.76. The van der Waals surface area contributed by atoms with Crippen molar-refractivity contribution in [3.63, 3.8) is 0 Å². The Hall–Kier alpha value is -1.18. The standard InChI is InChI=1S/C18H22O2/c1-18-9-8-14-13-5-3-12(19)10-11(13)2-4-15(14)16(18)6-7-17(18)20/h2,15-16H,3-10H2,1H3/t15-,16+,18-/m0/s1. The molecule has 0 aromatic rings. The molecule has 0 heterocycles. The highest BCUT2D eigenvalue weighted by Gasteiger charge is 2.52. The SMILES string of the molecule is C[C@]12CCC3=C4CCC(=O)CC4=CC[C@@H]3[C@H]1CCC2=O. The van der Waals surface area contributed by atoms with Crippen molar-refractivity contribution >= 4 is 11.6 Å². The van der Waals surface area contributed by atoms with Gasteiger partial charge in [0.05, 0.1) is 0 Å². The molecular formula is C18H22O2.